The highest BCUT2D eigenvalue weighted by Crippen LogP contribution is 2.36. The maximum absolute atomic E-state index is 10.1. The Labute approximate surface area is 174 Å². The summed E-state index contributed by atoms with van der Waals surface area (Å²) in [5.74, 6) is 0.327. The van der Waals surface area contributed by atoms with Gasteiger partial charge < -0.3 is 10.0 Å². The van der Waals surface area contributed by atoms with E-state index >= 15 is 0 Å². The Morgan fingerprint density at radius 1 is 0.862 bits per heavy atom. The summed E-state index contributed by atoms with van der Waals surface area (Å²) in [6, 6.07) is 27.2. The number of hydrogen-bond donors (Lipinski definition) is 1. The zero-order valence-electron chi connectivity index (χ0n) is 17.1. The van der Waals surface area contributed by atoms with Crippen LogP contribution in [0.4, 0.5) is 0 Å². The van der Waals surface area contributed by atoms with Crippen LogP contribution in [0.2, 0.25) is 0 Å². The fraction of sp³-hybridized carbons (Fsp3) is 0.259. The van der Waals surface area contributed by atoms with Gasteiger partial charge >= 0.3 is 0 Å². The molecular formula is C27H29NO. The van der Waals surface area contributed by atoms with E-state index in [0.717, 1.165) is 37.9 Å². The molecule has 0 heterocycles. The Balaban J connectivity index is 1.65. The third-order valence-corrected chi connectivity index (χ3v) is 5.79. The van der Waals surface area contributed by atoms with E-state index in [-0.39, 0.29) is 0 Å². The summed E-state index contributed by atoms with van der Waals surface area (Å²) in [6.07, 6.45) is 4.43. The third-order valence-electron chi connectivity index (χ3n) is 5.79. The summed E-state index contributed by atoms with van der Waals surface area (Å²) >= 11 is 0. The van der Waals surface area contributed by atoms with Crippen molar-refractivity contribution in [1.29, 1.82) is 0 Å². The summed E-state index contributed by atoms with van der Waals surface area (Å²) < 4.78 is 0. The molecule has 1 aliphatic rings. The SMILES string of the molecule is CN(CCc1ccccc1)CC1=C(c2cccc(O)c2)c2ccccc2CCC1. The highest BCUT2D eigenvalue weighted by atomic mass is 16.3. The van der Waals surface area contributed by atoms with Gasteiger partial charge in [0, 0.05) is 13.1 Å². The van der Waals surface area contributed by atoms with Crippen molar-refractivity contribution >= 4 is 5.57 Å². The minimum atomic E-state index is 0.327. The van der Waals surface area contributed by atoms with Crippen molar-refractivity contribution in [3.05, 3.63) is 107 Å². The summed E-state index contributed by atoms with van der Waals surface area (Å²) in [7, 11) is 2.22. The number of hydrogen-bond acceptors (Lipinski definition) is 2. The van der Waals surface area contributed by atoms with Crippen molar-refractivity contribution < 1.29 is 5.11 Å². The van der Waals surface area contributed by atoms with Crippen molar-refractivity contribution in [2.45, 2.75) is 25.7 Å². The second kappa shape index (κ2) is 9.11. The van der Waals surface area contributed by atoms with Gasteiger partial charge in [-0.15, -0.1) is 0 Å². The van der Waals surface area contributed by atoms with Crippen LogP contribution in [-0.2, 0) is 12.8 Å². The molecule has 3 aromatic carbocycles. The number of phenols is 1. The number of likely N-dealkylation sites (N-methyl/N-ethyl adjacent to an activating group) is 1. The molecule has 0 bridgehead atoms. The van der Waals surface area contributed by atoms with E-state index in [0.29, 0.717) is 5.75 Å². The molecular weight excluding hydrogens is 354 g/mol. The maximum Gasteiger partial charge on any atom is 0.116 e. The molecule has 2 nitrogen and oxygen atoms in total. The zero-order chi connectivity index (χ0) is 20.1. The second-order valence-corrected chi connectivity index (χ2v) is 8.01. The van der Waals surface area contributed by atoms with Crippen LogP contribution in [0.5, 0.6) is 5.75 Å². The van der Waals surface area contributed by atoms with Gasteiger partial charge in [-0.1, -0.05) is 66.7 Å². The Morgan fingerprint density at radius 2 is 1.66 bits per heavy atom. The van der Waals surface area contributed by atoms with Gasteiger partial charge in [0.1, 0.15) is 5.75 Å². The smallest absolute Gasteiger partial charge is 0.116 e. The average molecular weight is 384 g/mol. The molecule has 1 aliphatic carbocycles. The van der Waals surface area contributed by atoms with Gasteiger partial charge in [0.2, 0.25) is 0 Å². The highest BCUT2D eigenvalue weighted by molar-refractivity contribution is 5.84. The van der Waals surface area contributed by atoms with Crippen LogP contribution in [0.25, 0.3) is 5.57 Å². The lowest BCUT2D eigenvalue weighted by Gasteiger charge is -2.22. The lowest BCUT2D eigenvalue weighted by atomic mass is 9.90. The molecule has 0 atom stereocenters. The van der Waals surface area contributed by atoms with E-state index in [1.807, 2.05) is 12.1 Å². The summed E-state index contributed by atoms with van der Waals surface area (Å²) in [6.45, 7) is 1.98. The maximum atomic E-state index is 10.1. The molecule has 0 radical (unpaired) electrons. The number of aryl methyl sites for hydroxylation is 1. The number of phenolic OH excluding ortho intramolecular Hbond substituents is 1. The van der Waals surface area contributed by atoms with Crippen LogP contribution < -0.4 is 0 Å². The van der Waals surface area contributed by atoms with E-state index < -0.39 is 0 Å². The molecule has 0 fully saturated rings. The molecule has 29 heavy (non-hydrogen) atoms. The molecule has 0 saturated carbocycles. The van der Waals surface area contributed by atoms with Crippen molar-refractivity contribution in [1.82, 2.24) is 4.90 Å². The molecule has 0 saturated heterocycles. The lowest BCUT2D eigenvalue weighted by molar-refractivity contribution is 0.363. The molecule has 148 valence electrons. The largest absolute Gasteiger partial charge is 0.508 e. The third kappa shape index (κ3) is 4.78. The molecule has 2 heteroatoms. The van der Waals surface area contributed by atoms with E-state index in [1.165, 1.54) is 34.3 Å². The van der Waals surface area contributed by atoms with Crippen LogP contribution in [0.1, 0.15) is 35.1 Å². The molecule has 0 spiro atoms. The minimum absolute atomic E-state index is 0.327. The number of benzene rings is 3. The minimum Gasteiger partial charge on any atom is -0.508 e. The number of nitrogens with zero attached hydrogens (tertiary/aromatic N) is 1. The fourth-order valence-electron chi connectivity index (χ4n) is 4.34. The summed E-state index contributed by atoms with van der Waals surface area (Å²) in [5, 5.41) is 10.1. The molecule has 1 N–H and O–H groups in total. The Morgan fingerprint density at radius 3 is 2.48 bits per heavy atom. The van der Waals surface area contributed by atoms with Gasteiger partial charge in [0.15, 0.2) is 0 Å². The standard InChI is InChI=1S/C27H29NO/c1-28(18-17-21-9-3-2-4-10-21)20-24-14-7-12-22-11-5-6-16-26(22)27(24)23-13-8-15-25(29)19-23/h2-6,8-11,13,15-16,19,29H,7,12,14,17-18,20H2,1H3. The first-order valence-corrected chi connectivity index (χ1v) is 10.5. The first-order valence-electron chi connectivity index (χ1n) is 10.5. The van der Waals surface area contributed by atoms with Gasteiger partial charge in [0.25, 0.3) is 0 Å². The summed E-state index contributed by atoms with van der Waals surface area (Å²) in [5.41, 5.74) is 8.00. The van der Waals surface area contributed by atoms with Crippen LogP contribution in [0.15, 0.2) is 84.4 Å². The molecule has 3 aromatic rings. The van der Waals surface area contributed by atoms with Crippen LogP contribution >= 0.6 is 0 Å². The van der Waals surface area contributed by atoms with Crippen molar-refractivity contribution in [2.75, 3.05) is 20.1 Å². The second-order valence-electron chi connectivity index (χ2n) is 8.01. The van der Waals surface area contributed by atoms with E-state index in [9.17, 15) is 5.11 Å². The quantitative estimate of drug-likeness (QED) is 0.590. The molecule has 0 aromatic heterocycles. The Bertz CT molecular complexity index is 990. The normalized spacial score (nSPS) is 14.0. The topological polar surface area (TPSA) is 23.5 Å². The average Bonchev–Trinajstić information content (AvgIpc) is 2.92. The van der Waals surface area contributed by atoms with Crippen molar-refractivity contribution in [3.63, 3.8) is 0 Å². The monoisotopic (exact) mass is 383 g/mol. The first-order chi connectivity index (χ1) is 14.2. The van der Waals surface area contributed by atoms with Crippen molar-refractivity contribution in [3.8, 4) is 5.75 Å². The van der Waals surface area contributed by atoms with E-state index in [1.54, 1.807) is 6.07 Å². The van der Waals surface area contributed by atoms with Gasteiger partial charge in [-0.05, 0) is 78.3 Å². The number of rotatable bonds is 6. The number of fused-ring (bicyclic) bond motifs is 1. The van der Waals surface area contributed by atoms with Gasteiger partial charge in [-0.25, -0.2) is 0 Å². The van der Waals surface area contributed by atoms with E-state index in [4.69, 9.17) is 0 Å². The zero-order valence-corrected chi connectivity index (χ0v) is 17.1. The van der Waals surface area contributed by atoms with Gasteiger partial charge in [-0.3, -0.25) is 0 Å². The molecule has 4 rings (SSSR count). The molecule has 0 amide bonds. The van der Waals surface area contributed by atoms with Crippen molar-refractivity contribution in [2.24, 2.45) is 0 Å². The first kappa shape index (κ1) is 19.5. The lowest BCUT2D eigenvalue weighted by Crippen LogP contribution is -2.24. The Kier molecular flexibility index (Phi) is 6.12. The predicted octanol–water partition coefficient (Wildman–Crippen LogP) is 5.70. The fourth-order valence-corrected chi connectivity index (χ4v) is 4.34. The van der Waals surface area contributed by atoms with Crippen LogP contribution in [-0.4, -0.2) is 30.1 Å². The van der Waals surface area contributed by atoms with Gasteiger partial charge in [0.05, 0.1) is 0 Å². The van der Waals surface area contributed by atoms with E-state index in [2.05, 4.69) is 72.6 Å². The summed E-state index contributed by atoms with van der Waals surface area (Å²) in [4.78, 5) is 2.43. The van der Waals surface area contributed by atoms with Gasteiger partial charge in [-0.2, -0.15) is 0 Å². The Hall–Kier alpha value is -2.84. The highest BCUT2D eigenvalue weighted by Gasteiger charge is 2.19. The predicted molar refractivity (Wildman–Crippen MR) is 121 cm³/mol. The van der Waals surface area contributed by atoms with Crippen LogP contribution in [0, 0.1) is 0 Å². The number of aromatic hydroxyl groups is 1. The van der Waals surface area contributed by atoms with Crippen LogP contribution in [0.3, 0.4) is 0 Å². The molecule has 0 aliphatic heterocycles. The molecule has 0 unspecified atom stereocenters.